The van der Waals surface area contributed by atoms with E-state index in [0.29, 0.717) is 0 Å². The first-order valence-corrected chi connectivity index (χ1v) is 5.57. The van der Waals surface area contributed by atoms with Crippen LogP contribution in [0.1, 0.15) is 45.7 Å². The first-order chi connectivity index (χ1) is 7.38. The third-order valence-electron chi connectivity index (χ3n) is 1.45. The fraction of sp³-hybridized carbons (Fsp3) is 0.357. The number of pyridine rings is 1. The standard InChI is InChI=1S/C10H11N.2C2H6/c1-3-5-10-6-7-11-8-9(10)4-2;2*1-2/h3-8H,2H2,1H3;2*1-2H3/b5-3-;;. The molecule has 1 heteroatoms. The van der Waals surface area contributed by atoms with Crippen molar-refractivity contribution in [2.75, 3.05) is 0 Å². The third kappa shape index (κ3) is 6.67. The lowest BCUT2D eigenvalue weighted by Crippen LogP contribution is -1.80. The fourth-order valence-corrected chi connectivity index (χ4v) is 0.919. The van der Waals surface area contributed by atoms with Crippen molar-refractivity contribution in [2.24, 2.45) is 0 Å². The summed E-state index contributed by atoms with van der Waals surface area (Å²) >= 11 is 0. The highest BCUT2D eigenvalue weighted by Crippen LogP contribution is 2.09. The van der Waals surface area contributed by atoms with E-state index in [4.69, 9.17) is 0 Å². The minimum absolute atomic E-state index is 1.07. The van der Waals surface area contributed by atoms with Gasteiger partial charge in [0, 0.05) is 12.4 Å². The molecular weight excluding hydrogens is 182 g/mol. The van der Waals surface area contributed by atoms with Gasteiger partial charge in [-0.25, -0.2) is 0 Å². The van der Waals surface area contributed by atoms with E-state index in [2.05, 4.69) is 11.6 Å². The van der Waals surface area contributed by atoms with Crippen LogP contribution in [0.25, 0.3) is 12.2 Å². The average molecular weight is 205 g/mol. The third-order valence-corrected chi connectivity index (χ3v) is 1.45. The van der Waals surface area contributed by atoms with Crippen LogP contribution in [0.2, 0.25) is 0 Å². The highest BCUT2D eigenvalue weighted by atomic mass is 14.6. The first kappa shape index (κ1) is 16.1. The molecule has 0 unspecified atom stereocenters. The molecule has 1 aromatic rings. The summed E-state index contributed by atoms with van der Waals surface area (Å²) in [6, 6.07) is 1.97. The van der Waals surface area contributed by atoms with Crippen LogP contribution in [0, 0.1) is 0 Å². The van der Waals surface area contributed by atoms with Crippen LogP contribution in [-0.2, 0) is 0 Å². The zero-order valence-electron chi connectivity index (χ0n) is 10.6. The van der Waals surface area contributed by atoms with Gasteiger partial charge in [-0.15, -0.1) is 0 Å². The Labute approximate surface area is 94.6 Å². The summed E-state index contributed by atoms with van der Waals surface area (Å²) in [5.41, 5.74) is 2.24. The molecule has 0 N–H and O–H groups in total. The van der Waals surface area contributed by atoms with Crippen LogP contribution in [0.15, 0.2) is 31.1 Å². The highest BCUT2D eigenvalue weighted by Gasteiger charge is 1.91. The summed E-state index contributed by atoms with van der Waals surface area (Å²) < 4.78 is 0. The predicted octanol–water partition coefficient (Wildman–Crippen LogP) is 4.81. The van der Waals surface area contributed by atoms with Crippen molar-refractivity contribution >= 4 is 12.2 Å². The summed E-state index contributed by atoms with van der Waals surface area (Å²) in [7, 11) is 0. The minimum atomic E-state index is 1.07. The number of hydrogen-bond donors (Lipinski definition) is 0. The molecular formula is C14H23N. The Hall–Kier alpha value is -1.37. The van der Waals surface area contributed by atoms with E-state index in [1.165, 1.54) is 0 Å². The largest absolute Gasteiger partial charge is 0.264 e. The average Bonchev–Trinajstić information content (AvgIpc) is 2.35. The van der Waals surface area contributed by atoms with Gasteiger partial charge in [0.2, 0.25) is 0 Å². The summed E-state index contributed by atoms with van der Waals surface area (Å²) in [5, 5.41) is 0. The van der Waals surface area contributed by atoms with Gasteiger partial charge >= 0.3 is 0 Å². The molecule has 0 radical (unpaired) electrons. The molecule has 1 nitrogen and oxygen atoms in total. The Kier molecular flexibility index (Phi) is 13.5. The highest BCUT2D eigenvalue weighted by molar-refractivity contribution is 5.62. The van der Waals surface area contributed by atoms with Crippen molar-refractivity contribution in [3.63, 3.8) is 0 Å². The number of allylic oxidation sites excluding steroid dienone is 1. The quantitative estimate of drug-likeness (QED) is 0.675. The zero-order chi connectivity index (χ0) is 12.1. The number of nitrogens with zero attached hydrogens (tertiary/aromatic N) is 1. The van der Waals surface area contributed by atoms with Crippen LogP contribution in [0.5, 0.6) is 0 Å². The molecule has 1 rings (SSSR count). The SMILES string of the molecule is C=Cc1cnccc1/C=C\C.CC.CC. The molecule has 15 heavy (non-hydrogen) atoms. The number of rotatable bonds is 2. The van der Waals surface area contributed by atoms with E-state index >= 15 is 0 Å². The smallest absolute Gasteiger partial charge is 0.0346 e. The van der Waals surface area contributed by atoms with Crippen LogP contribution >= 0.6 is 0 Å². The summed E-state index contributed by atoms with van der Waals surface area (Å²) in [6.45, 7) is 13.7. The Morgan fingerprint density at radius 1 is 1.13 bits per heavy atom. The van der Waals surface area contributed by atoms with Crippen molar-refractivity contribution in [3.05, 3.63) is 42.2 Å². The fourth-order valence-electron chi connectivity index (χ4n) is 0.919. The molecule has 1 heterocycles. The van der Waals surface area contributed by atoms with Crippen molar-refractivity contribution < 1.29 is 0 Å². The maximum absolute atomic E-state index is 3.99. The van der Waals surface area contributed by atoms with E-state index in [1.54, 1.807) is 6.20 Å². The minimum Gasteiger partial charge on any atom is -0.264 e. The lowest BCUT2D eigenvalue weighted by molar-refractivity contribution is 1.31. The van der Waals surface area contributed by atoms with E-state index in [9.17, 15) is 0 Å². The van der Waals surface area contributed by atoms with E-state index < -0.39 is 0 Å². The molecule has 0 aliphatic carbocycles. The van der Waals surface area contributed by atoms with Crippen LogP contribution < -0.4 is 0 Å². The van der Waals surface area contributed by atoms with Crippen LogP contribution in [0.4, 0.5) is 0 Å². The second-order valence-electron chi connectivity index (χ2n) is 2.21. The maximum atomic E-state index is 3.99. The number of aromatic nitrogens is 1. The van der Waals surface area contributed by atoms with Gasteiger partial charge in [-0.1, -0.05) is 52.5 Å². The zero-order valence-corrected chi connectivity index (χ0v) is 10.6. The second-order valence-corrected chi connectivity index (χ2v) is 2.21. The number of hydrogen-bond acceptors (Lipinski definition) is 1. The molecule has 0 saturated heterocycles. The lowest BCUT2D eigenvalue weighted by Gasteiger charge is -1.96. The van der Waals surface area contributed by atoms with Gasteiger partial charge in [0.1, 0.15) is 0 Å². The Morgan fingerprint density at radius 2 is 1.73 bits per heavy atom. The summed E-state index contributed by atoms with van der Waals surface area (Å²) in [5.74, 6) is 0. The molecule has 0 spiro atoms. The van der Waals surface area contributed by atoms with Crippen molar-refractivity contribution in [1.82, 2.24) is 4.98 Å². The molecule has 0 aliphatic rings. The van der Waals surface area contributed by atoms with Gasteiger partial charge < -0.3 is 0 Å². The van der Waals surface area contributed by atoms with Gasteiger partial charge in [0.05, 0.1) is 0 Å². The van der Waals surface area contributed by atoms with Gasteiger partial charge in [0.15, 0.2) is 0 Å². The molecule has 0 bridgehead atoms. The Bertz CT molecular complexity index is 274. The van der Waals surface area contributed by atoms with E-state index in [0.717, 1.165) is 11.1 Å². The lowest BCUT2D eigenvalue weighted by atomic mass is 10.1. The second kappa shape index (κ2) is 12.6. The normalized spacial score (nSPS) is 8.33. The van der Waals surface area contributed by atoms with Gasteiger partial charge in [0.25, 0.3) is 0 Å². The molecule has 84 valence electrons. The van der Waals surface area contributed by atoms with Crippen LogP contribution in [-0.4, -0.2) is 4.98 Å². The molecule has 0 saturated carbocycles. The van der Waals surface area contributed by atoms with Gasteiger partial charge in [-0.3, -0.25) is 4.98 Å². The Morgan fingerprint density at radius 3 is 2.20 bits per heavy atom. The monoisotopic (exact) mass is 205 g/mol. The maximum Gasteiger partial charge on any atom is 0.0346 e. The summed E-state index contributed by atoms with van der Waals surface area (Å²) in [4.78, 5) is 3.99. The van der Waals surface area contributed by atoms with Crippen molar-refractivity contribution in [1.29, 1.82) is 0 Å². The van der Waals surface area contributed by atoms with Gasteiger partial charge in [-0.2, -0.15) is 0 Å². The molecule has 0 amide bonds. The van der Waals surface area contributed by atoms with Crippen LogP contribution in [0.3, 0.4) is 0 Å². The molecule has 0 aromatic carbocycles. The molecule has 1 aromatic heterocycles. The predicted molar refractivity (Wildman–Crippen MR) is 71.7 cm³/mol. The van der Waals surface area contributed by atoms with Crippen molar-refractivity contribution in [2.45, 2.75) is 34.6 Å². The van der Waals surface area contributed by atoms with E-state index in [-0.39, 0.29) is 0 Å². The Balaban J connectivity index is 0. The summed E-state index contributed by atoms with van der Waals surface area (Å²) in [6.07, 6.45) is 9.44. The molecule has 0 fully saturated rings. The van der Waals surface area contributed by atoms with Gasteiger partial charge in [-0.05, 0) is 24.1 Å². The molecule has 0 atom stereocenters. The van der Waals surface area contributed by atoms with E-state index in [1.807, 2.05) is 65.1 Å². The topological polar surface area (TPSA) is 12.9 Å². The molecule has 0 aliphatic heterocycles. The first-order valence-electron chi connectivity index (χ1n) is 5.57. The van der Waals surface area contributed by atoms with Crippen molar-refractivity contribution in [3.8, 4) is 0 Å².